The molecule has 0 bridgehead atoms. The maximum absolute atomic E-state index is 12.0. The summed E-state index contributed by atoms with van der Waals surface area (Å²) in [4.78, 5) is 16.1. The van der Waals surface area contributed by atoms with Gasteiger partial charge in [-0.1, -0.05) is 0 Å². The lowest BCUT2D eigenvalue weighted by Crippen LogP contribution is -2.58. The van der Waals surface area contributed by atoms with Gasteiger partial charge in [-0.05, 0) is 40.2 Å². The van der Waals surface area contributed by atoms with Crippen molar-refractivity contribution >= 4 is 13.2 Å². The van der Waals surface area contributed by atoms with Gasteiger partial charge in [0.05, 0.1) is 6.17 Å². The maximum Gasteiger partial charge on any atom is 0.456 e. The van der Waals surface area contributed by atoms with Crippen LogP contribution in [0.1, 0.15) is 33.6 Å². The molecule has 2 aliphatic heterocycles. The van der Waals surface area contributed by atoms with Crippen LogP contribution in [0.25, 0.3) is 0 Å². The highest BCUT2D eigenvalue weighted by atomic mass is 16.6. The van der Waals surface area contributed by atoms with E-state index in [9.17, 15) is 14.8 Å². The summed E-state index contributed by atoms with van der Waals surface area (Å²) in [5, 5.41) is 21.8. The van der Waals surface area contributed by atoms with Gasteiger partial charge in [-0.3, -0.25) is 4.90 Å². The van der Waals surface area contributed by atoms with Crippen LogP contribution >= 0.6 is 0 Å². The van der Waals surface area contributed by atoms with Gasteiger partial charge in [0.1, 0.15) is 5.60 Å². The molecule has 0 aliphatic carbocycles. The van der Waals surface area contributed by atoms with Crippen LogP contribution in [-0.4, -0.2) is 77.6 Å². The monoisotopic (exact) mass is 313 g/mol. The number of carbonyl (C=O) groups excluding carboxylic acids is 1. The Morgan fingerprint density at radius 2 is 1.82 bits per heavy atom. The van der Waals surface area contributed by atoms with Crippen molar-refractivity contribution in [1.82, 2.24) is 15.1 Å². The molecule has 0 saturated carbocycles. The Bertz CT molecular complexity index is 373. The maximum atomic E-state index is 12.0. The summed E-state index contributed by atoms with van der Waals surface area (Å²) in [5.74, 6) is -0.0840. The van der Waals surface area contributed by atoms with Gasteiger partial charge in [0.25, 0.3) is 0 Å². The van der Waals surface area contributed by atoms with E-state index < -0.39 is 12.7 Å². The largest absolute Gasteiger partial charge is 0.456 e. The molecule has 7 nitrogen and oxygen atoms in total. The average molecular weight is 313 g/mol. The number of amides is 1. The zero-order chi connectivity index (χ0) is 16.3. The van der Waals surface area contributed by atoms with Gasteiger partial charge in [-0.15, -0.1) is 0 Å². The van der Waals surface area contributed by atoms with E-state index in [0.717, 1.165) is 25.9 Å². The summed E-state index contributed by atoms with van der Waals surface area (Å²) in [6, 6.07) is 0. The van der Waals surface area contributed by atoms with Crippen molar-refractivity contribution in [3.05, 3.63) is 0 Å². The van der Waals surface area contributed by atoms with E-state index >= 15 is 0 Å². The van der Waals surface area contributed by atoms with E-state index in [1.54, 1.807) is 4.90 Å². The number of piperazine rings is 1. The Morgan fingerprint density at radius 3 is 2.27 bits per heavy atom. The topological polar surface area (TPSA) is 85.3 Å². The van der Waals surface area contributed by atoms with Crippen LogP contribution in [0.15, 0.2) is 0 Å². The predicted octanol–water partition coefficient (Wildman–Crippen LogP) is 0.0916. The van der Waals surface area contributed by atoms with Crippen molar-refractivity contribution in [1.29, 1.82) is 0 Å². The molecule has 0 radical (unpaired) electrons. The molecule has 0 aromatic rings. The van der Waals surface area contributed by atoms with E-state index in [1.807, 2.05) is 20.8 Å². The van der Waals surface area contributed by atoms with E-state index in [4.69, 9.17) is 4.74 Å². The molecule has 22 heavy (non-hydrogen) atoms. The fraction of sp³-hybridized carbons (Fsp3) is 0.929. The van der Waals surface area contributed by atoms with E-state index in [-0.39, 0.29) is 18.1 Å². The van der Waals surface area contributed by atoms with Crippen LogP contribution in [0.4, 0.5) is 4.79 Å². The van der Waals surface area contributed by atoms with Crippen LogP contribution in [0.2, 0.25) is 5.82 Å². The van der Waals surface area contributed by atoms with Crippen molar-refractivity contribution < 1.29 is 19.6 Å². The quantitative estimate of drug-likeness (QED) is 0.627. The SMILES string of the molecule is CC(C)(C)OC(=O)N1CCN(C2CCC(B(O)O)CN2)CC1. The third-order valence-electron chi connectivity index (χ3n) is 4.25. The summed E-state index contributed by atoms with van der Waals surface area (Å²) in [6.45, 7) is 9.19. The first-order valence-electron chi connectivity index (χ1n) is 8.08. The lowest BCUT2D eigenvalue weighted by molar-refractivity contribution is 0.00619. The Balaban J connectivity index is 1.75. The lowest BCUT2D eigenvalue weighted by Gasteiger charge is -2.42. The van der Waals surface area contributed by atoms with Crippen molar-refractivity contribution in [2.45, 2.75) is 51.2 Å². The number of nitrogens with zero attached hydrogens (tertiary/aromatic N) is 2. The zero-order valence-corrected chi connectivity index (χ0v) is 13.8. The molecular weight excluding hydrogens is 285 g/mol. The molecule has 0 aromatic carbocycles. The van der Waals surface area contributed by atoms with Crippen LogP contribution in [0, 0.1) is 0 Å². The number of hydrogen-bond acceptors (Lipinski definition) is 6. The van der Waals surface area contributed by atoms with Crippen LogP contribution in [-0.2, 0) is 4.74 Å². The number of hydrogen-bond donors (Lipinski definition) is 3. The Labute approximate surface area is 132 Å². The first-order valence-corrected chi connectivity index (χ1v) is 8.08. The van der Waals surface area contributed by atoms with Gasteiger partial charge in [0.15, 0.2) is 0 Å². The fourth-order valence-corrected chi connectivity index (χ4v) is 2.97. The Hall–Kier alpha value is -0.825. The first-order chi connectivity index (χ1) is 10.3. The molecule has 2 fully saturated rings. The van der Waals surface area contributed by atoms with E-state index in [0.29, 0.717) is 19.6 Å². The predicted molar refractivity (Wildman–Crippen MR) is 84.3 cm³/mol. The number of ether oxygens (including phenoxy) is 1. The smallest absolute Gasteiger partial charge is 0.444 e. The molecule has 126 valence electrons. The Kier molecular flexibility index (Phi) is 5.71. The highest BCUT2D eigenvalue weighted by Gasteiger charge is 2.33. The molecule has 2 saturated heterocycles. The van der Waals surface area contributed by atoms with Crippen LogP contribution in [0.3, 0.4) is 0 Å². The standard InChI is InChI=1S/C14H28BN3O4/c1-14(2,3)22-13(19)18-8-6-17(7-9-18)12-5-4-11(10-16-12)15(20)21/h11-12,16,20-21H,4-10H2,1-3H3. The van der Waals surface area contributed by atoms with E-state index in [2.05, 4.69) is 10.2 Å². The zero-order valence-electron chi connectivity index (χ0n) is 13.8. The summed E-state index contributed by atoms with van der Waals surface area (Å²) >= 11 is 0. The third-order valence-corrected chi connectivity index (χ3v) is 4.25. The number of carbonyl (C=O) groups is 1. The molecule has 0 spiro atoms. The van der Waals surface area contributed by atoms with Gasteiger partial charge in [-0.2, -0.15) is 0 Å². The van der Waals surface area contributed by atoms with Crippen molar-refractivity contribution in [3.8, 4) is 0 Å². The minimum atomic E-state index is -1.24. The molecule has 2 heterocycles. The number of rotatable bonds is 2. The molecule has 2 atom stereocenters. The molecule has 1 amide bonds. The fourth-order valence-electron chi connectivity index (χ4n) is 2.97. The second kappa shape index (κ2) is 7.17. The van der Waals surface area contributed by atoms with Crippen molar-refractivity contribution in [3.63, 3.8) is 0 Å². The highest BCUT2D eigenvalue weighted by Crippen LogP contribution is 2.23. The van der Waals surface area contributed by atoms with E-state index in [1.165, 1.54) is 0 Å². The van der Waals surface area contributed by atoms with Gasteiger partial charge in [-0.25, -0.2) is 4.79 Å². The van der Waals surface area contributed by atoms with Crippen molar-refractivity contribution in [2.24, 2.45) is 0 Å². The lowest BCUT2D eigenvalue weighted by atomic mass is 9.68. The van der Waals surface area contributed by atoms with Crippen LogP contribution in [0.5, 0.6) is 0 Å². The Morgan fingerprint density at radius 1 is 1.18 bits per heavy atom. The second-order valence-electron chi connectivity index (χ2n) is 7.18. The van der Waals surface area contributed by atoms with Gasteiger partial charge in [0.2, 0.25) is 0 Å². The molecule has 2 rings (SSSR count). The molecule has 2 aliphatic rings. The minimum Gasteiger partial charge on any atom is -0.444 e. The summed E-state index contributed by atoms with van der Waals surface area (Å²) in [6.07, 6.45) is 1.72. The average Bonchev–Trinajstić information content (AvgIpc) is 2.46. The van der Waals surface area contributed by atoms with Crippen LogP contribution < -0.4 is 5.32 Å². The number of nitrogens with one attached hydrogen (secondary N) is 1. The molecule has 2 unspecified atom stereocenters. The molecule has 3 N–H and O–H groups in total. The highest BCUT2D eigenvalue weighted by molar-refractivity contribution is 6.43. The van der Waals surface area contributed by atoms with Gasteiger partial charge < -0.3 is 25.0 Å². The molecular formula is C14H28BN3O4. The summed E-state index contributed by atoms with van der Waals surface area (Å²) < 4.78 is 5.40. The minimum absolute atomic E-state index is 0.0840. The first kappa shape index (κ1) is 17.5. The number of piperidine rings is 1. The van der Waals surface area contributed by atoms with Gasteiger partial charge in [0, 0.05) is 32.0 Å². The summed E-state index contributed by atoms with van der Waals surface area (Å²) in [7, 11) is -1.24. The third kappa shape index (κ3) is 4.84. The molecule has 0 aromatic heterocycles. The molecule has 8 heteroatoms. The second-order valence-corrected chi connectivity index (χ2v) is 7.18. The normalized spacial score (nSPS) is 27.6. The van der Waals surface area contributed by atoms with Crippen molar-refractivity contribution in [2.75, 3.05) is 32.7 Å². The summed E-state index contributed by atoms with van der Waals surface area (Å²) in [5.41, 5.74) is -0.459. The van der Waals surface area contributed by atoms with Gasteiger partial charge >= 0.3 is 13.2 Å².